The first-order valence-corrected chi connectivity index (χ1v) is 13.9. The third-order valence-electron chi connectivity index (χ3n) is 3.79. The van der Waals surface area contributed by atoms with Gasteiger partial charge in [-0.05, 0) is 52.7 Å². The fourth-order valence-electron chi connectivity index (χ4n) is 2.66. The van der Waals surface area contributed by atoms with Gasteiger partial charge in [0.1, 0.15) is 11.6 Å². The van der Waals surface area contributed by atoms with Gasteiger partial charge >= 0.3 is 19.2 Å². The van der Waals surface area contributed by atoms with Crippen molar-refractivity contribution in [1.29, 1.82) is 0 Å². The zero-order valence-corrected chi connectivity index (χ0v) is 22.1. The molecule has 1 aromatic carbocycles. The van der Waals surface area contributed by atoms with Crippen molar-refractivity contribution in [2.75, 3.05) is 19.5 Å². The first-order chi connectivity index (χ1) is 14.5. The maximum atomic E-state index is 15.1. The third kappa shape index (κ3) is 8.14. The second-order valence-electron chi connectivity index (χ2n) is 7.87. The zero-order chi connectivity index (χ0) is 25.0. The van der Waals surface area contributed by atoms with Gasteiger partial charge in [-0.1, -0.05) is 28.1 Å². The first-order valence-electron chi connectivity index (χ1n) is 9.72. The summed E-state index contributed by atoms with van der Waals surface area (Å²) >= 11 is 3.05. The maximum Gasteiger partial charge on any atom is 0.404 e. The van der Waals surface area contributed by atoms with Gasteiger partial charge in [0.05, 0.1) is 19.5 Å². The highest BCUT2D eigenvalue weighted by Gasteiger charge is 2.55. The number of esters is 1. The predicted octanol–water partition coefficient (Wildman–Crippen LogP) is 4.57. The first kappa shape index (κ1) is 29.1. The molecular formula is C19H29BrF2NO7PS. The Morgan fingerprint density at radius 2 is 1.72 bits per heavy atom. The number of hydrogen-bond donors (Lipinski definition) is 1. The van der Waals surface area contributed by atoms with Crippen molar-refractivity contribution in [2.45, 2.75) is 58.3 Å². The van der Waals surface area contributed by atoms with Crippen LogP contribution in [0.4, 0.5) is 8.78 Å². The highest BCUT2D eigenvalue weighted by atomic mass is 79.9. The van der Waals surface area contributed by atoms with Gasteiger partial charge in [-0.15, -0.1) is 0 Å². The van der Waals surface area contributed by atoms with E-state index in [2.05, 4.69) is 20.7 Å². The molecule has 1 N–H and O–H groups in total. The zero-order valence-electron chi connectivity index (χ0n) is 18.8. The van der Waals surface area contributed by atoms with Crippen LogP contribution in [0.1, 0.15) is 45.7 Å². The van der Waals surface area contributed by atoms with E-state index in [-0.39, 0.29) is 24.1 Å². The molecule has 0 fully saturated rings. The Hall–Kier alpha value is -0.910. The molecule has 0 amide bonds. The molecule has 0 saturated heterocycles. The monoisotopic (exact) mass is 563 g/mol. The van der Waals surface area contributed by atoms with Gasteiger partial charge in [0, 0.05) is 10.0 Å². The van der Waals surface area contributed by atoms with E-state index >= 15 is 8.78 Å². The summed E-state index contributed by atoms with van der Waals surface area (Å²) in [5.74, 6) is -0.814. The number of sulfonamides is 1. The van der Waals surface area contributed by atoms with Gasteiger partial charge in [-0.3, -0.25) is 9.36 Å². The van der Waals surface area contributed by atoms with Crippen molar-refractivity contribution in [1.82, 2.24) is 4.72 Å². The summed E-state index contributed by atoms with van der Waals surface area (Å²) in [6.45, 7) is 7.26. The SMILES string of the molecule is CCOP(=O)(OCC)C(F)(F)c1ccc(CC(NS(C)(=O)=O)C(=O)OC(C)(C)C)cc1Br. The van der Waals surface area contributed by atoms with E-state index in [0.717, 1.165) is 12.3 Å². The van der Waals surface area contributed by atoms with Gasteiger partial charge in [0.15, 0.2) is 0 Å². The van der Waals surface area contributed by atoms with Crippen LogP contribution in [0.2, 0.25) is 0 Å². The summed E-state index contributed by atoms with van der Waals surface area (Å²) in [6, 6.07) is 2.31. The van der Waals surface area contributed by atoms with E-state index in [1.54, 1.807) is 20.8 Å². The smallest absolute Gasteiger partial charge is 0.404 e. The highest BCUT2D eigenvalue weighted by Crippen LogP contribution is 2.67. The van der Waals surface area contributed by atoms with Crippen LogP contribution in [0, 0.1) is 0 Å². The van der Waals surface area contributed by atoms with Crippen molar-refractivity contribution < 1.29 is 40.3 Å². The van der Waals surface area contributed by atoms with E-state index in [0.29, 0.717) is 5.56 Å². The van der Waals surface area contributed by atoms with Crippen molar-refractivity contribution in [2.24, 2.45) is 0 Å². The molecule has 0 aliphatic carbocycles. The second kappa shape index (κ2) is 11.0. The molecule has 0 spiro atoms. The Kier molecular flexibility index (Phi) is 10.0. The van der Waals surface area contributed by atoms with Crippen LogP contribution in [0.5, 0.6) is 0 Å². The fraction of sp³-hybridized carbons (Fsp3) is 0.632. The predicted molar refractivity (Wildman–Crippen MR) is 120 cm³/mol. The van der Waals surface area contributed by atoms with Crippen molar-refractivity contribution in [3.05, 3.63) is 33.8 Å². The van der Waals surface area contributed by atoms with E-state index in [1.807, 2.05) is 0 Å². The molecule has 1 unspecified atom stereocenters. The summed E-state index contributed by atoms with van der Waals surface area (Å²) in [5, 5.41) is 0. The van der Waals surface area contributed by atoms with Crippen LogP contribution in [-0.4, -0.2) is 45.5 Å². The minimum Gasteiger partial charge on any atom is -0.459 e. The summed E-state index contributed by atoms with van der Waals surface area (Å²) in [7, 11) is -8.58. The molecule has 1 aromatic rings. The topological polar surface area (TPSA) is 108 Å². The number of hydrogen-bond acceptors (Lipinski definition) is 7. The van der Waals surface area contributed by atoms with E-state index in [9.17, 15) is 17.8 Å². The Morgan fingerprint density at radius 3 is 2.12 bits per heavy atom. The number of ether oxygens (including phenoxy) is 1. The minimum absolute atomic E-state index is 0.109. The normalized spacial score (nSPS) is 14.3. The highest BCUT2D eigenvalue weighted by molar-refractivity contribution is 9.10. The number of carbonyl (C=O) groups is 1. The van der Waals surface area contributed by atoms with Crippen LogP contribution < -0.4 is 4.72 Å². The summed E-state index contributed by atoms with van der Waals surface area (Å²) < 4.78 is 83.1. The lowest BCUT2D eigenvalue weighted by Gasteiger charge is -2.27. The van der Waals surface area contributed by atoms with Crippen LogP contribution in [0.15, 0.2) is 22.7 Å². The molecule has 1 rings (SSSR count). The molecule has 32 heavy (non-hydrogen) atoms. The van der Waals surface area contributed by atoms with Gasteiger partial charge in [-0.25, -0.2) is 13.1 Å². The quantitative estimate of drug-likeness (QED) is 0.310. The Bertz CT molecular complexity index is 957. The minimum atomic E-state index is -4.81. The van der Waals surface area contributed by atoms with Crippen LogP contribution >= 0.6 is 23.5 Å². The van der Waals surface area contributed by atoms with Crippen LogP contribution in [0.3, 0.4) is 0 Å². The molecule has 1 atom stereocenters. The van der Waals surface area contributed by atoms with E-state index in [4.69, 9.17) is 13.8 Å². The lowest BCUT2D eigenvalue weighted by Crippen LogP contribution is -2.45. The number of rotatable bonds is 11. The number of carbonyl (C=O) groups excluding carboxylic acids is 1. The average Bonchev–Trinajstić information content (AvgIpc) is 2.58. The fourth-order valence-corrected chi connectivity index (χ4v) is 5.75. The lowest BCUT2D eigenvalue weighted by molar-refractivity contribution is -0.156. The molecule has 0 aliphatic heterocycles. The van der Waals surface area contributed by atoms with E-state index < -0.39 is 46.5 Å². The Balaban J connectivity index is 3.29. The van der Waals surface area contributed by atoms with Gasteiger partial charge in [0.2, 0.25) is 10.0 Å². The van der Waals surface area contributed by atoms with Crippen LogP contribution in [0.25, 0.3) is 0 Å². The Morgan fingerprint density at radius 1 is 1.19 bits per heavy atom. The lowest BCUT2D eigenvalue weighted by atomic mass is 10.0. The van der Waals surface area contributed by atoms with Crippen molar-refractivity contribution in [3.63, 3.8) is 0 Å². The molecule has 0 saturated carbocycles. The average molecular weight is 564 g/mol. The molecule has 13 heteroatoms. The number of nitrogens with one attached hydrogen (secondary N) is 1. The molecule has 0 aliphatic rings. The van der Waals surface area contributed by atoms with Crippen molar-refractivity contribution >= 4 is 39.5 Å². The van der Waals surface area contributed by atoms with E-state index in [1.165, 1.54) is 26.0 Å². The molecule has 0 bridgehead atoms. The van der Waals surface area contributed by atoms with Gasteiger partial charge in [-0.2, -0.15) is 8.78 Å². The summed E-state index contributed by atoms with van der Waals surface area (Å²) in [4.78, 5) is 12.5. The number of benzene rings is 1. The maximum absolute atomic E-state index is 15.1. The summed E-state index contributed by atoms with van der Waals surface area (Å²) in [6.07, 6.45) is 0.726. The second-order valence-corrected chi connectivity index (χ2v) is 12.6. The van der Waals surface area contributed by atoms with Gasteiger partial charge < -0.3 is 13.8 Å². The molecule has 0 aromatic heterocycles. The molecule has 0 heterocycles. The van der Waals surface area contributed by atoms with Gasteiger partial charge in [0.25, 0.3) is 0 Å². The molecule has 8 nitrogen and oxygen atoms in total. The van der Waals surface area contributed by atoms with Crippen LogP contribution in [-0.2, 0) is 45.3 Å². The molecule has 0 radical (unpaired) electrons. The standard InChI is InChI=1S/C19H29BrF2NO7PS/c1-7-28-31(25,29-8-2)19(21,22)14-10-9-13(11-15(14)20)12-16(23-32(6,26)27)17(24)30-18(3,4)5/h9-11,16,23H,7-8,12H2,1-6H3. The number of halogens is 3. The largest absolute Gasteiger partial charge is 0.459 e. The molecular weight excluding hydrogens is 535 g/mol. The Labute approximate surface area is 196 Å². The summed E-state index contributed by atoms with van der Waals surface area (Å²) in [5.41, 5.74) is -5.09. The third-order valence-corrected chi connectivity index (χ3v) is 7.28. The number of alkyl halides is 2. The molecule has 184 valence electrons. The van der Waals surface area contributed by atoms with Crippen molar-refractivity contribution in [3.8, 4) is 0 Å².